The smallest absolute Gasteiger partial charge is 0.393 e. The molecule has 0 bridgehead atoms. The van der Waals surface area contributed by atoms with Gasteiger partial charge in [0.1, 0.15) is 11.1 Å². The van der Waals surface area contributed by atoms with Crippen molar-refractivity contribution >= 4 is 76.9 Å². The maximum absolute atomic E-state index is 12.2. The largest absolute Gasteiger partial charge is 0.469 e. The molecule has 0 radical (unpaired) electrons. The van der Waals surface area contributed by atoms with Crippen molar-refractivity contribution < 1.29 is 105 Å². The van der Waals surface area contributed by atoms with E-state index >= 15 is 0 Å². The monoisotopic (exact) mass is 1250 g/mol. The number of rotatable bonds is 16. The summed E-state index contributed by atoms with van der Waals surface area (Å²) in [6.45, 7) is 12.6. The Bertz CT molecular complexity index is 2860. The van der Waals surface area contributed by atoms with E-state index in [0.29, 0.717) is 23.3 Å². The van der Waals surface area contributed by atoms with E-state index in [1.807, 2.05) is 0 Å². The molecular weight excluding hydrogens is 1180 g/mol. The summed E-state index contributed by atoms with van der Waals surface area (Å²) < 4.78 is 160. The molecule has 1 aliphatic heterocycles. The van der Waals surface area contributed by atoms with Crippen LogP contribution in [0.25, 0.3) is 0 Å². The number of halogens is 12. The molecule has 87 heavy (non-hydrogen) atoms. The van der Waals surface area contributed by atoms with E-state index in [2.05, 4.69) is 35.2 Å². The van der Waals surface area contributed by atoms with Crippen molar-refractivity contribution in [1.82, 2.24) is 5.32 Å². The first kappa shape index (κ1) is 76.6. The molecule has 5 N–H and O–H groups in total. The summed E-state index contributed by atoms with van der Waals surface area (Å²) in [6.07, 6.45) is -19.7. The Labute approximate surface area is 493 Å². The standard InChI is InChI=1S/2C15H18F3NO3.C13H13F3N2O2.C10H8F3NO.C5H11NO2/c2*1-14(2,13(21)22-3)9-12(20)19-11-6-4-10(5-7-11)8-15(16,17)18;1-12(2)10(19)18(11(20)17-12)9-5-3-8(4-6-9)7-13(14,15)16;11-10(12,13)7-8-1-3-9(4-2-8)14-5-6-15;1-5(2,6)4(7)8-3/h2*4-7H,8-9H2,1-3H3,(H,19,20);3-6H,7H2,1-2H3,(H,17,20);1-6H,7H2;6H2,1-3H3. The topological polar surface area (TPSA) is 242 Å². The number of esters is 3. The number of benzene rings is 4. The second kappa shape index (κ2) is 32.4. The molecule has 4 aromatic carbocycles. The van der Waals surface area contributed by atoms with Crippen molar-refractivity contribution in [3.63, 3.8) is 0 Å². The summed E-state index contributed by atoms with van der Waals surface area (Å²) >= 11 is 0. The Hall–Kier alpha value is -8.37. The van der Waals surface area contributed by atoms with E-state index in [9.17, 15) is 91.0 Å². The van der Waals surface area contributed by atoms with Crippen LogP contribution in [0.1, 0.15) is 90.5 Å². The van der Waals surface area contributed by atoms with Gasteiger partial charge in [0, 0.05) is 24.2 Å². The molecule has 0 atom stereocenters. The number of carbonyl (C=O) groups excluding carboxylic acids is 8. The number of aliphatic imine (C=N–C) groups is 1. The van der Waals surface area contributed by atoms with Crippen molar-refractivity contribution in [3.05, 3.63) is 119 Å². The number of imide groups is 1. The zero-order valence-electron chi connectivity index (χ0n) is 49.1. The van der Waals surface area contributed by atoms with Crippen molar-refractivity contribution in [2.24, 2.45) is 21.6 Å². The third kappa shape index (κ3) is 30.5. The van der Waals surface area contributed by atoms with Gasteiger partial charge in [-0.3, -0.25) is 38.6 Å². The van der Waals surface area contributed by atoms with Gasteiger partial charge in [-0.1, -0.05) is 48.5 Å². The van der Waals surface area contributed by atoms with E-state index in [4.69, 9.17) is 5.73 Å². The predicted molar refractivity (Wildman–Crippen MR) is 297 cm³/mol. The van der Waals surface area contributed by atoms with Gasteiger partial charge in [0.25, 0.3) is 5.91 Å². The van der Waals surface area contributed by atoms with Gasteiger partial charge in [-0.05, 0) is 126 Å². The minimum atomic E-state index is -4.29. The van der Waals surface area contributed by atoms with Gasteiger partial charge in [0.05, 0.1) is 75.4 Å². The second-order valence-corrected chi connectivity index (χ2v) is 21.4. The Kier molecular flexibility index (Phi) is 28.5. The second-order valence-electron chi connectivity index (χ2n) is 21.4. The molecule has 5 rings (SSSR count). The van der Waals surface area contributed by atoms with Crippen LogP contribution in [0.3, 0.4) is 0 Å². The van der Waals surface area contributed by atoms with Crippen LogP contribution in [-0.4, -0.2) is 111 Å². The number of amides is 5. The highest BCUT2D eigenvalue weighted by Gasteiger charge is 2.45. The fourth-order valence-electron chi connectivity index (χ4n) is 7.07. The molecule has 0 aromatic heterocycles. The van der Waals surface area contributed by atoms with Gasteiger partial charge in [-0.15, -0.1) is 0 Å². The minimum absolute atomic E-state index is 0.0764. The quantitative estimate of drug-likeness (QED) is 0.0204. The zero-order valence-corrected chi connectivity index (χ0v) is 49.1. The normalized spacial score (nSPS) is 13.3. The number of ether oxygens (including phenoxy) is 3. The number of hydrogen-bond donors (Lipinski definition) is 4. The molecule has 1 saturated heterocycles. The van der Waals surface area contributed by atoms with Gasteiger partial charge in [0.2, 0.25) is 11.8 Å². The Balaban J connectivity index is 0.000000560. The Morgan fingerprint density at radius 1 is 0.529 bits per heavy atom. The molecule has 1 fully saturated rings. The lowest BCUT2D eigenvalue weighted by molar-refractivity contribution is -0.152. The number of carbonyl (C=O) groups is 8. The molecular formula is C58H68F12N6O11. The zero-order chi connectivity index (χ0) is 67.2. The van der Waals surface area contributed by atoms with Crippen molar-refractivity contribution in [1.29, 1.82) is 0 Å². The lowest BCUT2D eigenvalue weighted by Crippen LogP contribution is -2.42. The lowest BCUT2D eigenvalue weighted by atomic mass is 9.89. The number of urea groups is 1. The first-order chi connectivity index (χ1) is 39.7. The van der Waals surface area contributed by atoms with Gasteiger partial charge in [-0.25, -0.2) is 9.69 Å². The number of nitrogens with one attached hydrogen (secondary N) is 3. The van der Waals surface area contributed by atoms with E-state index in [-0.39, 0.29) is 40.8 Å². The number of nitrogens with two attached hydrogens (primary N) is 1. The van der Waals surface area contributed by atoms with Crippen LogP contribution in [0, 0.1) is 10.8 Å². The van der Waals surface area contributed by atoms with Crippen molar-refractivity contribution in [3.8, 4) is 0 Å². The molecule has 0 unspecified atom stereocenters. The first-order valence-corrected chi connectivity index (χ1v) is 25.6. The van der Waals surface area contributed by atoms with Gasteiger partial charge in [-0.2, -0.15) is 52.7 Å². The molecule has 4 aromatic rings. The fourth-order valence-corrected chi connectivity index (χ4v) is 7.07. The summed E-state index contributed by atoms with van der Waals surface area (Å²) in [7, 11) is 3.79. The van der Waals surface area contributed by atoms with Crippen LogP contribution < -0.4 is 26.6 Å². The number of anilines is 3. The summed E-state index contributed by atoms with van der Waals surface area (Å²) in [4.78, 5) is 95.5. The summed E-state index contributed by atoms with van der Waals surface area (Å²) in [5, 5.41) is 7.58. The van der Waals surface area contributed by atoms with Crippen LogP contribution in [0.5, 0.6) is 0 Å². The van der Waals surface area contributed by atoms with E-state index in [1.165, 1.54) is 118 Å². The van der Waals surface area contributed by atoms with E-state index in [0.717, 1.165) is 11.1 Å². The lowest BCUT2D eigenvalue weighted by Gasteiger charge is -2.20. The Morgan fingerprint density at radius 3 is 1.07 bits per heavy atom. The summed E-state index contributed by atoms with van der Waals surface area (Å²) in [5.41, 5.74) is 3.42. The highest BCUT2D eigenvalue weighted by molar-refractivity contribution is 6.23. The molecule has 0 saturated carbocycles. The highest BCUT2D eigenvalue weighted by Crippen LogP contribution is 2.30. The SMILES string of the molecule is CC1(C)NC(=O)N(c2ccc(CC(F)(F)F)cc2)C1=O.COC(=O)C(C)(C)CC(=O)Nc1ccc(CC(F)(F)F)cc1.COC(=O)C(C)(C)CC(=O)Nc1ccc(CC(F)(F)F)cc1.COC(=O)C(C)(C)N.O=CC=Nc1ccc(CC(F)(F)F)cc1. The molecule has 1 heterocycles. The fraction of sp³-hybridized carbons (Fsp3) is 0.431. The minimum Gasteiger partial charge on any atom is -0.469 e. The van der Waals surface area contributed by atoms with Crippen molar-refractivity contribution in [2.75, 3.05) is 36.9 Å². The van der Waals surface area contributed by atoms with E-state index < -0.39 is 114 Å². The molecule has 0 spiro atoms. The molecule has 1 aliphatic rings. The van der Waals surface area contributed by atoms with Crippen LogP contribution in [-0.2, 0) is 73.5 Å². The maximum atomic E-state index is 12.2. The summed E-state index contributed by atoms with van der Waals surface area (Å²) in [5.74, 6) is -2.69. The molecule has 480 valence electrons. The Morgan fingerprint density at radius 2 is 0.828 bits per heavy atom. The van der Waals surface area contributed by atoms with Crippen LogP contribution in [0.15, 0.2) is 102 Å². The predicted octanol–water partition coefficient (Wildman–Crippen LogP) is 11.9. The average molecular weight is 1250 g/mol. The number of methoxy groups -OCH3 is 3. The third-order valence-corrected chi connectivity index (χ3v) is 11.3. The number of hydrogen-bond acceptors (Lipinski definition) is 13. The first-order valence-electron chi connectivity index (χ1n) is 25.6. The molecule has 29 heteroatoms. The third-order valence-electron chi connectivity index (χ3n) is 11.3. The number of aldehydes is 1. The van der Waals surface area contributed by atoms with Crippen LogP contribution in [0.2, 0.25) is 0 Å². The van der Waals surface area contributed by atoms with Crippen LogP contribution in [0.4, 0.5) is 80.2 Å². The molecule has 17 nitrogen and oxygen atoms in total. The number of nitrogens with zero attached hydrogens (tertiary/aromatic N) is 2. The molecule has 0 aliphatic carbocycles. The van der Waals surface area contributed by atoms with Crippen molar-refractivity contribution in [2.45, 2.75) is 130 Å². The summed E-state index contributed by atoms with van der Waals surface area (Å²) in [6, 6.07) is 20.9. The van der Waals surface area contributed by atoms with Crippen LogP contribution >= 0.6 is 0 Å². The highest BCUT2D eigenvalue weighted by atomic mass is 19.4. The molecule has 5 amide bonds. The van der Waals surface area contributed by atoms with E-state index in [1.54, 1.807) is 55.4 Å². The maximum Gasteiger partial charge on any atom is 0.393 e. The van der Waals surface area contributed by atoms with Gasteiger partial charge in [0.15, 0.2) is 6.29 Å². The van der Waals surface area contributed by atoms with Gasteiger partial charge < -0.3 is 35.9 Å². The number of alkyl halides is 12. The van der Waals surface area contributed by atoms with Gasteiger partial charge >= 0.3 is 48.6 Å². The average Bonchev–Trinajstić information content (AvgIpc) is 2.18.